The van der Waals surface area contributed by atoms with Crippen LogP contribution in [-0.4, -0.2) is 21.0 Å². The van der Waals surface area contributed by atoms with Crippen molar-refractivity contribution in [2.45, 2.75) is 44.6 Å². The molecule has 0 bridgehead atoms. The van der Waals surface area contributed by atoms with E-state index in [4.69, 9.17) is 0 Å². The first-order valence-electron chi connectivity index (χ1n) is 6.74. The first-order valence-corrected chi connectivity index (χ1v) is 8.22. The summed E-state index contributed by atoms with van der Waals surface area (Å²) < 4.78 is 26.1. The van der Waals surface area contributed by atoms with Gasteiger partial charge in [-0.2, -0.15) is 0 Å². The molecule has 5 heteroatoms. The summed E-state index contributed by atoms with van der Waals surface area (Å²) in [5.74, 6) is 0. The quantitative estimate of drug-likeness (QED) is 0.843. The Balaban J connectivity index is 2.06. The molecule has 1 atom stereocenters. The van der Waals surface area contributed by atoms with Crippen molar-refractivity contribution in [1.82, 2.24) is 4.72 Å². The Hall–Kier alpha value is -1.07. The molecule has 1 saturated carbocycles. The third kappa shape index (κ3) is 3.28. The van der Waals surface area contributed by atoms with Gasteiger partial charge < -0.3 is 5.32 Å². The van der Waals surface area contributed by atoms with Crippen molar-refractivity contribution in [1.29, 1.82) is 0 Å². The molecular formula is C14H22N2O2S. The van der Waals surface area contributed by atoms with E-state index in [-0.39, 0.29) is 0 Å². The molecule has 0 spiro atoms. The van der Waals surface area contributed by atoms with E-state index in [0.29, 0.717) is 22.9 Å². The van der Waals surface area contributed by atoms with Crippen LogP contribution >= 0.6 is 0 Å². The molecule has 0 aromatic heterocycles. The second-order valence-corrected chi connectivity index (χ2v) is 7.31. The van der Waals surface area contributed by atoms with Crippen LogP contribution in [0.4, 0.5) is 5.69 Å². The highest BCUT2D eigenvalue weighted by Crippen LogP contribution is 2.48. The molecule has 0 heterocycles. The zero-order valence-corrected chi connectivity index (χ0v) is 12.5. The van der Waals surface area contributed by atoms with Crippen molar-refractivity contribution >= 4 is 15.7 Å². The summed E-state index contributed by atoms with van der Waals surface area (Å²) in [6, 6.07) is 7.34. The highest BCUT2D eigenvalue weighted by Gasteiger charge is 2.42. The van der Waals surface area contributed by atoms with Crippen molar-refractivity contribution in [3.63, 3.8) is 0 Å². The van der Waals surface area contributed by atoms with Crippen molar-refractivity contribution in [2.75, 3.05) is 11.9 Å². The predicted octanol–water partition coefficient (Wildman–Crippen LogP) is 2.59. The number of rotatable bonds is 6. The molecule has 1 aromatic carbocycles. The Bertz CT molecular complexity index is 533. The molecule has 1 aliphatic carbocycles. The standard InChI is InChI=1S/C14H22N2O2S/c1-4-15-19(17,18)13-7-5-12(6-8-13)16-11(2)14(3)9-10-14/h5-8,11,15-16H,4,9-10H2,1-3H3. The van der Waals surface area contributed by atoms with E-state index in [9.17, 15) is 8.42 Å². The van der Waals surface area contributed by atoms with E-state index in [2.05, 4.69) is 23.9 Å². The van der Waals surface area contributed by atoms with Crippen LogP contribution in [0.3, 0.4) is 0 Å². The minimum absolute atomic E-state index is 0.310. The second-order valence-electron chi connectivity index (χ2n) is 5.55. The Labute approximate surface area is 115 Å². The molecule has 1 fully saturated rings. The second kappa shape index (κ2) is 5.13. The lowest BCUT2D eigenvalue weighted by Gasteiger charge is -2.21. The molecule has 2 N–H and O–H groups in total. The van der Waals surface area contributed by atoms with Crippen molar-refractivity contribution in [3.05, 3.63) is 24.3 Å². The number of nitrogens with one attached hydrogen (secondary N) is 2. The Morgan fingerprint density at radius 2 is 1.84 bits per heavy atom. The van der Waals surface area contributed by atoms with Crippen LogP contribution in [0, 0.1) is 5.41 Å². The van der Waals surface area contributed by atoms with Gasteiger partial charge in [-0.25, -0.2) is 13.1 Å². The van der Waals surface area contributed by atoms with Crippen molar-refractivity contribution < 1.29 is 8.42 Å². The van der Waals surface area contributed by atoms with E-state index >= 15 is 0 Å². The van der Waals surface area contributed by atoms with Crippen molar-refractivity contribution in [2.24, 2.45) is 5.41 Å². The van der Waals surface area contributed by atoms with Crippen LogP contribution in [0.15, 0.2) is 29.2 Å². The largest absolute Gasteiger partial charge is 0.382 e. The number of hydrogen-bond donors (Lipinski definition) is 2. The summed E-state index contributed by atoms with van der Waals surface area (Å²) in [7, 11) is -3.35. The number of benzene rings is 1. The zero-order valence-electron chi connectivity index (χ0n) is 11.7. The van der Waals surface area contributed by atoms with Gasteiger partial charge in [0.2, 0.25) is 10.0 Å². The number of sulfonamides is 1. The molecule has 0 saturated heterocycles. The Kier molecular flexibility index (Phi) is 3.87. The van der Waals surface area contributed by atoms with Gasteiger partial charge in [0.1, 0.15) is 0 Å². The van der Waals surface area contributed by atoms with Gasteiger partial charge in [-0.05, 0) is 49.4 Å². The van der Waals surface area contributed by atoms with Crippen molar-refractivity contribution in [3.8, 4) is 0 Å². The van der Waals surface area contributed by atoms with E-state index in [1.807, 2.05) is 12.1 Å². The van der Waals surface area contributed by atoms with Gasteiger partial charge >= 0.3 is 0 Å². The fourth-order valence-electron chi connectivity index (χ4n) is 2.06. The third-order valence-electron chi connectivity index (χ3n) is 3.97. The van der Waals surface area contributed by atoms with Crippen LogP contribution < -0.4 is 10.0 Å². The Morgan fingerprint density at radius 3 is 2.32 bits per heavy atom. The fourth-order valence-corrected chi connectivity index (χ4v) is 3.10. The van der Waals surface area contributed by atoms with Gasteiger partial charge in [0, 0.05) is 18.3 Å². The molecule has 1 aliphatic rings. The minimum atomic E-state index is -3.35. The molecule has 0 radical (unpaired) electrons. The lowest BCUT2D eigenvalue weighted by molar-refractivity contribution is 0.493. The summed E-state index contributed by atoms with van der Waals surface area (Å²) >= 11 is 0. The third-order valence-corrected chi connectivity index (χ3v) is 5.53. The smallest absolute Gasteiger partial charge is 0.240 e. The highest BCUT2D eigenvalue weighted by molar-refractivity contribution is 7.89. The SMILES string of the molecule is CCNS(=O)(=O)c1ccc(NC(C)C2(C)CC2)cc1. The van der Waals surface area contributed by atoms with Gasteiger partial charge in [-0.15, -0.1) is 0 Å². The summed E-state index contributed by atoms with van der Waals surface area (Å²) in [6.45, 7) is 6.62. The van der Waals surface area contributed by atoms with Gasteiger partial charge in [-0.1, -0.05) is 13.8 Å². The van der Waals surface area contributed by atoms with Crippen LogP contribution in [0.25, 0.3) is 0 Å². The van der Waals surface area contributed by atoms with E-state index in [0.717, 1.165) is 5.69 Å². The molecule has 2 rings (SSSR count). The number of hydrogen-bond acceptors (Lipinski definition) is 3. The summed E-state index contributed by atoms with van der Waals surface area (Å²) in [6.07, 6.45) is 2.52. The predicted molar refractivity (Wildman–Crippen MR) is 77.7 cm³/mol. The fraction of sp³-hybridized carbons (Fsp3) is 0.571. The summed E-state index contributed by atoms with van der Waals surface area (Å²) in [5.41, 5.74) is 1.37. The van der Waals surface area contributed by atoms with Crippen LogP contribution in [0.5, 0.6) is 0 Å². The average Bonchev–Trinajstić information content (AvgIpc) is 3.09. The van der Waals surface area contributed by atoms with Gasteiger partial charge in [-0.3, -0.25) is 0 Å². The Morgan fingerprint density at radius 1 is 1.26 bits per heavy atom. The molecule has 4 nitrogen and oxygen atoms in total. The minimum Gasteiger partial charge on any atom is -0.382 e. The van der Waals surface area contributed by atoms with Crippen LogP contribution in [-0.2, 0) is 10.0 Å². The van der Waals surface area contributed by atoms with Gasteiger partial charge in [0.15, 0.2) is 0 Å². The molecular weight excluding hydrogens is 260 g/mol. The number of anilines is 1. The van der Waals surface area contributed by atoms with Gasteiger partial charge in [0.05, 0.1) is 4.90 Å². The maximum absolute atomic E-state index is 11.8. The average molecular weight is 282 g/mol. The first kappa shape index (κ1) is 14.3. The summed E-state index contributed by atoms with van der Waals surface area (Å²) in [4.78, 5) is 0.310. The molecule has 0 aliphatic heterocycles. The zero-order chi connectivity index (χ0) is 14.1. The van der Waals surface area contributed by atoms with E-state index in [1.54, 1.807) is 19.1 Å². The van der Waals surface area contributed by atoms with E-state index < -0.39 is 10.0 Å². The monoisotopic (exact) mass is 282 g/mol. The molecule has 1 aromatic rings. The molecule has 19 heavy (non-hydrogen) atoms. The maximum Gasteiger partial charge on any atom is 0.240 e. The lowest BCUT2D eigenvalue weighted by atomic mass is 10.0. The topological polar surface area (TPSA) is 58.2 Å². The lowest BCUT2D eigenvalue weighted by Crippen LogP contribution is -2.25. The molecule has 106 valence electrons. The first-order chi connectivity index (χ1) is 8.87. The normalized spacial score (nSPS) is 18.9. The summed E-state index contributed by atoms with van der Waals surface area (Å²) in [5, 5.41) is 3.44. The van der Waals surface area contributed by atoms with E-state index in [1.165, 1.54) is 12.8 Å². The maximum atomic E-state index is 11.8. The highest BCUT2D eigenvalue weighted by atomic mass is 32.2. The molecule has 1 unspecified atom stereocenters. The van der Waals surface area contributed by atoms with Crippen LogP contribution in [0.1, 0.15) is 33.6 Å². The van der Waals surface area contributed by atoms with Crippen LogP contribution in [0.2, 0.25) is 0 Å². The van der Waals surface area contributed by atoms with Gasteiger partial charge in [0.25, 0.3) is 0 Å². The molecule has 0 amide bonds.